The summed E-state index contributed by atoms with van der Waals surface area (Å²) in [5, 5.41) is 20.5. The van der Waals surface area contributed by atoms with Crippen molar-refractivity contribution in [2.24, 2.45) is 0 Å². The van der Waals surface area contributed by atoms with Crippen LogP contribution < -0.4 is 5.32 Å². The summed E-state index contributed by atoms with van der Waals surface area (Å²) in [5.74, 6) is -0.154. The molecule has 4 aromatic rings. The Bertz CT molecular complexity index is 933. The Morgan fingerprint density at radius 3 is 2.92 bits per heavy atom. The Labute approximate surface area is 156 Å². The molecule has 4 aromatic heterocycles. The fourth-order valence-electron chi connectivity index (χ4n) is 2.45. The number of pyridine rings is 1. The molecule has 0 saturated heterocycles. The van der Waals surface area contributed by atoms with Gasteiger partial charge in [-0.3, -0.25) is 9.78 Å². The number of anilines is 1. The van der Waals surface area contributed by atoms with Gasteiger partial charge in [0.05, 0.1) is 18.2 Å². The minimum atomic E-state index is -0.258. The standard InChI is InChI=1S/C16H13N7OS2/c24-15(7-14(11-4-6-25-8-11)23-10-18-21-22-23)20-16-19-13(9-26-16)12-3-1-2-5-17-12/h1-6,8-10,14H,7H2,(H,19,20,24)/t14-/m0/s1. The molecule has 1 atom stereocenters. The highest BCUT2D eigenvalue weighted by Crippen LogP contribution is 2.26. The highest BCUT2D eigenvalue weighted by atomic mass is 32.1. The van der Waals surface area contributed by atoms with E-state index < -0.39 is 0 Å². The van der Waals surface area contributed by atoms with Crippen LogP contribution >= 0.6 is 22.7 Å². The van der Waals surface area contributed by atoms with Crippen LogP contribution in [-0.4, -0.2) is 36.1 Å². The molecule has 0 unspecified atom stereocenters. The van der Waals surface area contributed by atoms with Gasteiger partial charge in [0, 0.05) is 11.6 Å². The zero-order valence-electron chi connectivity index (χ0n) is 13.4. The van der Waals surface area contributed by atoms with E-state index in [0.717, 1.165) is 17.0 Å². The molecule has 0 bridgehead atoms. The van der Waals surface area contributed by atoms with Gasteiger partial charge >= 0.3 is 0 Å². The van der Waals surface area contributed by atoms with Crippen LogP contribution in [0.3, 0.4) is 0 Å². The van der Waals surface area contributed by atoms with Gasteiger partial charge < -0.3 is 5.32 Å². The van der Waals surface area contributed by atoms with E-state index in [4.69, 9.17) is 0 Å². The van der Waals surface area contributed by atoms with Gasteiger partial charge in [-0.15, -0.1) is 16.4 Å². The molecule has 1 amide bonds. The van der Waals surface area contributed by atoms with Crippen molar-refractivity contribution in [2.75, 3.05) is 5.32 Å². The fraction of sp³-hybridized carbons (Fsp3) is 0.125. The Kier molecular flexibility index (Phi) is 4.75. The summed E-state index contributed by atoms with van der Waals surface area (Å²) in [6, 6.07) is 7.34. The minimum Gasteiger partial charge on any atom is -0.302 e. The van der Waals surface area contributed by atoms with Gasteiger partial charge in [0.25, 0.3) is 0 Å². The first-order valence-electron chi connectivity index (χ1n) is 7.71. The predicted octanol–water partition coefficient (Wildman–Crippen LogP) is 2.87. The first-order valence-corrected chi connectivity index (χ1v) is 9.53. The van der Waals surface area contributed by atoms with Gasteiger partial charge in [-0.2, -0.15) is 11.3 Å². The number of nitrogens with zero attached hydrogens (tertiary/aromatic N) is 6. The fourth-order valence-corrected chi connectivity index (χ4v) is 3.88. The van der Waals surface area contributed by atoms with Crippen molar-refractivity contribution in [2.45, 2.75) is 12.5 Å². The number of rotatable bonds is 6. The molecule has 0 aromatic carbocycles. The summed E-state index contributed by atoms with van der Waals surface area (Å²) in [6.07, 6.45) is 3.43. The molecule has 10 heteroatoms. The zero-order chi connectivity index (χ0) is 17.8. The maximum Gasteiger partial charge on any atom is 0.228 e. The number of carbonyl (C=O) groups is 1. The highest BCUT2D eigenvalue weighted by Gasteiger charge is 2.20. The smallest absolute Gasteiger partial charge is 0.228 e. The predicted molar refractivity (Wildman–Crippen MR) is 98.9 cm³/mol. The van der Waals surface area contributed by atoms with Crippen LogP contribution in [0, 0.1) is 0 Å². The van der Waals surface area contributed by atoms with Crippen molar-refractivity contribution in [1.29, 1.82) is 0 Å². The van der Waals surface area contributed by atoms with Gasteiger partial charge in [0.1, 0.15) is 12.0 Å². The van der Waals surface area contributed by atoms with E-state index in [0.29, 0.717) is 5.13 Å². The van der Waals surface area contributed by atoms with Crippen LogP contribution in [0.4, 0.5) is 5.13 Å². The third-order valence-corrected chi connectivity index (χ3v) is 5.13. The highest BCUT2D eigenvalue weighted by molar-refractivity contribution is 7.14. The molecule has 0 aliphatic rings. The average Bonchev–Trinajstić information content (AvgIpc) is 3.42. The summed E-state index contributed by atoms with van der Waals surface area (Å²) >= 11 is 2.93. The number of thiophene rings is 1. The molecule has 0 aliphatic heterocycles. The molecule has 0 spiro atoms. The number of carbonyl (C=O) groups excluding carboxylic acids is 1. The van der Waals surface area contributed by atoms with Crippen LogP contribution in [0.25, 0.3) is 11.4 Å². The van der Waals surface area contributed by atoms with Crippen molar-refractivity contribution in [3.05, 3.63) is 58.5 Å². The molecular formula is C16H13N7OS2. The lowest BCUT2D eigenvalue weighted by molar-refractivity contribution is -0.116. The van der Waals surface area contributed by atoms with Gasteiger partial charge in [-0.05, 0) is 44.9 Å². The van der Waals surface area contributed by atoms with Crippen molar-refractivity contribution in [3.8, 4) is 11.4 Å². The Balaban J connectivity index is 1.47. The maximum absolute atomic E-state index is 12.5. The monoisotopic (exact) mass is 383 g/mol. The number of amides is 1. The van der Waals surface area contributed by atoms with E-state index in [9.17, 15) is 4.79 Å². The summed E-state index contributed by atoms with van der Waals surface area (Å²) < 4.78 is 1.59. The first-order chi connectivity index (χ1) is 12.8. The maximum atomic E-state index is 12.5. The topological polar surface area (TPSA) is 98.5 Å². The van der Waals surface area contributed by atoms with Crippen molar-refractivity contribution in [3.63, 3.8) is 0 Å². The number of nitrogens with one attached hydrogen (secondary N) is 1. The second-order valence-electron chi connectivity index (χ2n) is 5.37. The Morgan fingerprint density at radius 1 is 1.23 bits per heavy atom. The lowest BCUT2D eigenvalue weighted by Crippen LogP contribution is -2.20. The normalized spacial score (nSPS) is 12.0. The van der Waals surface area contributed by atoms with E-state index in [1.807, 2.05) is 40.4 Å². The Hall–Kier alpha value is -2.98. The minimum absolute atomic E-state index is 0.154. The van der Waals surface area contributed by atoms with E-state index in [1.54, 1.807) is 22.2 Å². The zero-order valence-corrected chi connectivity index (χ0v) is 15.0. The van der Waals surface area contributed by atoms with Crippen molar-refractivity contribution in [1.82, 2.24) is 30.2 Å². The largest absolute Gasteiger partial charge is 0.302 e. The molecule has 0 fully saturated rings. The molecule has 4 heterocycles. The molecule has 0 saturated carbocycles. The summed E-state index contributed by atoms with van der Waals surface area (Å²) in [4.78, 5) is 21.2. The van der Waals surface area contributed by atoms with Crippen LogP contribution in [0.15, 0.2) is 52.9 Å². The molecule has 26 heavy (non-hydrogen) atoms. The number of thiazole rings is 1. The van der Waals surface area contributed by atoms with E-state index >= 15 is 0 Å². The third-order valence-electron chi connectivity index (χ3n) is 3.67. The molecule has 130 valence electrons. The van der Waals surface area contributed by atoms with E-state index in [1.165, 1.54) is 17.7 Å². The van der Waals surface area contributed by atoms with Crippen molar-refractivity contribution >= 4 is 33.7 Å². The number of aromatic nitrogens is 6. The molecule has 0 radical (unpaired) electrons. The second-order valence-corrected chi connectivity index (χ2v) is 7.01. The molecule has 8 nitrogen and oxygen atoms in total. The molecule has 0 aliphatic carbocycles. The lowest BCUT2D eigenvalue weighted by Gasteiger charge is -2.14. The van der Waals surface area contributed by atoms with Gasteiger partial charge in [0.2, 0.25) is 5.91 Å². The number of hydrogen-bond acceptors (Lipinski definition) is 8. The average molecular weight is 383 g/mol. The number of hydrogen-bond donors (Lipinski definition) is 1. The van der Waals surface area contributed by atoms with Gasteiger partial charge in [-0.25, -0.2) is 9.67 Å². The molecule has 1 N–H and O–H groups in total. The van der Waals surface area contributed by atoms with Crippen LogP contribution in [-0.2, 0) is 4.79 Å². The summed E-state index contributed by atoms with van der Waals surface area (Å²) in [6.45, 7) is 0. The SMILES string of the molecule is O=C(C[C@@H](c1ccsc1)n1cnnn1)Nc1nc(-c2ccccn2)cs1. The van der Waals surface area contributed by atoms with E-state index in [-0.39, 0.29) is 18.4 Å². The van der Waals surface area contributed by atoms with Crippen LogP contribution in [0.2, 0.25) is 0 Å². The summed E-state index contributed by atoms with van der Waals surface area (Å²) in [7, 11) is 0. The second kappa shape index (κ2) is 7.50. The van der Waals surface area contributed by atoms with Gasteiger partial charge in [0.15, 0.2) is 5.13 Å². The Morgan fingerprint density at radius 2 is 2.19 bits per heavy atom. The summed E-state index contributed by atoms with van der Waals surface area (Å²) in [5.41, 5.74) is 2.50. The molecular weight excluding hydrogens is 370 g/mol. The quantitative estimate of drug-likeness (QED) is 0.550. The van der Waals surface area contributed by atoms with Crippen molar-refractivity contribution < 1.29 is 4.79 Å². The van der Waals surface area contributed by atoms with Crippen LogP contribution in [0.1, 0.15) is 18.0 Å². The number of tetrazole rings is 1. The molecule has 4 rings (SSSR count). The van der Waals surface area contributed by atoms with Crippen LogP contribution in [0.5, 0.6) is 0 Å². The van der Waals surface area contributed by atoms with Gasteiger partial charge in [-0.1, -0.05) is 6.07 Å². The van der Waals surface area contributed by atoms with E-state index in [2.05, 4.69) is 30.8 Å². The third kappa shape index (κ3) is 3.65. The first kappa shape index (κ1) is 16.5. The lowest BCUT2D eigenvalue weighted by atomic mass is 10.1.